The Morgan fingerprint density at radius 1 is 1.20 bits per heavy atom. The molecule has 2 amide bonds. The number of hydrogen-bond acceptors (Lipinski definition) is 6. The number of imide groups is 1. The van der Waals surface area contributed by atoms with E-state index in [-0.39, 0.29) is 18.9 Å². The fraction of sp³-hybridized carbons (Fsp3) is 0.304. The maximum Gasteiger partial charge on any atom is 0.417 e. The average Bonchev–Trinajstić information content (AvgIpc) is 3.07. The highest BCUT2D eigenvalue weighted by molar-refractivity contribution is 5.94. The van der Waals surface area contributed by atoms with Gasteiger partial charge >= 0.3 is 6.09 Å². The molecule has 1 aliphatic rings. The molecule has 2 atom stereocenters. The van der Waals surface area contributed by atoms with E-state index in [0.717, 1.165) is 38.1 Å². The van der Waals surface area contributed by atoms with Crippen LogP contribution in [0.1, 0.15) is 34.8 Å². The zero-order valence-corrected chi connectivity index (χ0v) is 16.9. The van der Waals surface area contributed by atoms with Crippen molar-refractivity contribution in [3.63, 3.8) is 0 Å². The van der Waals surface area contributed by atoms with E-state index >= 15 is 0 Å². The van der Waals surface area contributed by atoms with Crippen LogP contribution in [-0.4, -0.2) is 44.6 Å². The van der Waals surface area contributed by atoms with E-state index in [2.05, 4.69) is 9.97 Å². The van der Waals surface area contributed by atoms with Gasteiger partial charge in [0.2, 0.25) is 5.91 Å². The van der Waals surface area contributed by atoms with Crippen LogP contribution in [0.3, 0.4) is 0 Å². The number of benzene rings is 2. The standard InChI is InChI=1S/C23H23N3O4/c1-14-8-15(2)10-18(9-14)22-19(12-27)26(23(29)30-22)20(28)7-6-16-4-3-5-17-11-24-13-25-21(16)17/h3-5,8-11,13,19,22,27H,6-7,12H2,1-2H3/t19-,22+/m0/s1. The van der Waals surface area contributed by atoms with E-state index in [1.807, 2.05) is 50.2 Å². The van der Waals surface area contributed by atoms with Crippen molar-refractivity contribution in [2.24, 2.45) is 0 Å². The van der Waals surface area contributed by atoms with Crippen LogP contribution in [0.4, 0.5) is 4.79 Å². The molecular weight excluding hydrogens is 382 g/mol. The third kappa shape index (κ3) is 3.76. The number of rotatable bonds is 5. The molecule has 3 aromatic rings. The predicted molar refractivity (Wildman–Crippen MR) is 111 cm³/mol. The first-order chi connectivity index (χ1) is 14.5. The van der Waals surface area contributed by atoms with E-state index < -0.39 is 18.2 Å². The highest BCUT2D eigenvalue weighted by atomic mass is 16.6. The first-order valence-electron chi connectivity index (χ1n) is 9.87. The van der Waals surface area contributed by atoms with Gasteiger partial charge < -0.3 is 9.84 Å². The zero-order valence-electron chi connectivity index (χ0n) is 16.9. The molecule has 0 saturated carbocycles. The van der Waals surface area contributed by atoms with Crippen LogP contribution in [0, 0.1) is 13.8 Å². The van der Waals surface area contributed by atoms with E-state index in [1.165, 1.54) is 6.33 Å². The molecule has 7 nitrogen and oxygen atoms in total. The summed E-state index contributed by atoms with van der Waals surface area (Å²) < 4.78 is 5.50. The number of hydrogen-bond donors (Lipinski definition) is 1. The Morgan fingerprint density at radius 2 is 1.97 bits per heavy atom. The fourth-order valence-corrected chi connectivity index (χ4v) is 4.08. The lowest BCUT2D eigenvalue weighted by atomic mass is 9.98. The van der Waals surface area contributed by atoms with Crippen molar-refractivity contribution in [3.8, 4) is 0 Å². The van der Waals surface area contributed by atoms with Crippen molar-refractivity contribution >= 4 is 22.9 Å². The summed E-state index contributed by atoms with van der Waals surface area (Å²) in [6.45, 7) is 3.55. The quantitative estimate of drug-likeness (QED) is 0.700. The second kappa shape index (κ2) is 8.20. The van der Waals surface area contributed by atoms with Crippen molar-refractivity contribution in [3.05, 3.63) is 71.2 Å². The molecule has 1 aliphatic heterocycles. The minimum absolute atomic E-state index is 0.105. The van der Waals surface area contributed by atoms with Gasteiger partial charge in [-0.2, -0.15) is 0 Å². The Morgan fingerprint density at radius 3 is 2.70 bits per heavy atom. The van der Waals surface area contributed by atoms with E-state index in [4.69, 9.17) is 4.74 Å². The van der Waals surface area contributed by atoms with Crippen LogP contribution in [0.15, 0.2) is 48.9 Å². The maximum absolute atomic E-state index is 12.9. The van der Waals surface area contributed by atoms with Crippen LogP contribution >= 0.6 is 0 Å². The Bertz CT molecular complexity index is 1090. The van der Waals surface area contributed by atoms with E-state index in [9.17, 15) is 14.7 Å². The molecule has 0 spiro atoms. The second-order valence-electron chi connectivity index (χ2n) is 7.62. The predicted octanol–water partition coefficient (Wildman–Crippen LogP) is 3.26. The van der Waals surface area contributed by atoms with Gasteiger partial charge in [-0.3, -0.25) is 4.79 Å². The largest absolute Gasteiger partial charge is 0.439 e. The molecule has 2 aromatic carbocycles. The molecule has 4 rings (SSSR count). The molecule has 1 saturated heterocycles. The minimum Gasteiger partial charge on any atom is -0.439 e. The summed E-state index contributed by atoms with van der Waals surface area (Å²) in [7, 11) is 0. The molecule has 0 bridgehead atoms. The third-order valence-corrected chi connectivity index (χ3v) is 5.36. The first-order valence-corrected chi connectivity index (χ1v) is 9.87. The molecule has 154 valence electrons. The van der Waals surface area contributed by atoms with Crippen LogP contribution < -0.4 is 0 Å². The Kier molecular flexibility index (Phi) is 5.46. The van der Waals surface area contributed by atoms with E-state index in [1.54, 1.807) is 6.20 Å². The summed E-state index contributed by atoms with van der Waals surface area (Å²) in [5.74, 6) is -0.378. The summed E-state index contributed by atoms with van der Waals surface area (Å²) in [6.07, 6.45) is 2.32. The number of fused-ring (bicyclic) bond motifs is 1. The third-order valence-electron chi connectivity index (χ3n) is 5.36. The summed E-state index contributed by atoms with van der Waals surface area (Å²) in [5.41, 5.74) is 4.53. The van der Waals surface area contributed by atoms with Crippen molar-refractivity contribution in [2.45, 2.75) is 38.8 Å². The minimum atomic E-state index is -0.749. The molecule has 1 N–H and O–H groups in total. The molecule has 1 aromatic heterocycles. The van der Waals surface area contributed by atoms with Crippen molar-refractivity contribution in [1.82, 2.24) is 14.9 Å². The van der Waals surface area contributed by atoms with Gasteiger partial charge in [0.1, 0.15) is 12.4 Å². The number of ether oxygens (including phenoxy) is 1. The molecule has 0 unspecified atom stereocenters. The highest BCUT2D eigenvalue weighted by Gasteiger charge is 2.45. The highest BCUT2D eigenvalue weighted by Crippen LogP contribution is 2.34. The van der Waals surface area contributed by atoms with Gasteiger partial charge in [0, 0.05) is 18.0 Å². The summed E-state index contributed by atoms with van der Waals surface area (Å²) in [4.78, 5) is 34.8. The Hall–Kier alpha value is -3.32. The molecule has 0 radical (unpaired) electrons. The van der Waals surface area contributed by atoms with Gasteiger partial charge in [-0.25, -0.2) is 19.7 Å². The van der Waals surface area contributed by atoms with Gasteiger partial charge in [-0.05, 0) is 31.4 Å². The number of aliphatic hydroxyl groups is 1. The number of para-hydroxylation sites is 1. The van der Waals surface area contributed by atoms with Gasteiger partial charge in [0.05, 0.1) is 12.1 Å². The fourth-order valence-electron chi connectivity index (χ4n) is 4.08. The van der Waals surface area contributed by atoms with Gasteiger partial charge in [-0.15, -0.1) is 0 Å². The smallest absolute Gasteiger partial charge is 0.417 e. The number of aliphatic hydroxyl groups excluding tert-OH is 1. The number of carbonyl (C=O) groups is 2. The Balaban J connectivity index is 1.53. The zero-order chi connectivity index (χ0) is 21.3. The van der Waals surface area contributed by atoms with Crippen molar-refractivity contribution in [1.29, 1.82) is 0 Å². The van der Waals surface area contributed by atoms with Crippen LogP contribution in [0.25, 0.3) is 10.9 Å². The molecule has 2 heterocycles. The van der Waals surface area contributed by atoms with Crippen LogP contribution in [0.5, 0.6) is 0 Å². The van der Waals surface area contributed by atoms with Gasteiger partial charge in [0.15, 0.2) is 6.10 Å². The van der Waals surface area contributed by atoms with Crippen LogP contribution in [-0.2, 0) is 16.0 Å². The topological polar surface area (TPSA) is 92.6 Å². The maximum atomic E-state index is 12.9. The number of aryl methyl sites for hydroxylation is 3. The number of nitrogens with zero attached hydrogens (tertiary/aromatic N) is 3. The second-order valence-corrected chi connectivity index (χ2v) is 7.62. The summed E-state index contributed by atoms with van der Waals surface area (Å²) >= 11 is 0. The van der Waals surface area contributed by atoms with Crippen molar-refractivity contribution < 1.29 is 19.4 Å². The SMILES string of the molecule is Cc1cc(C)cc([C@H]2OC(=O)N(C(=O)CCc3cccc4cncnc34)[C@H]2CO)c1. The monoisotopic (exact) mass is 405 g/mol. The lowest BCUT2D eigenvalue weighted by molar-refractivity contribution is -0.129. The normalized spacial score (nSPS) is 18.6. The molecular formula is C23H23N3O4. The van der Waals surface area contributed by atoms with E-state index in [0.29, 0.717) is 6.42 Å². The average molecular weight is 405 g/mol. The molecule has 0 aliphatic carbocycles. The van der Waals surface area contributed by atoms with Crippen LogP contribution in [0.2, 0.25) is 0 Å². The molecule has 30 heavy (non-hydrogen) atoms. The lowest BCUT2D eigenvalue weighted by Gasteiger charge is -2.22. The Labute approximate surface area is 174 Å². The number of amides is 2. The number of carbonyl (C=O) groups excluding carboxylic acids is 2. The lowest BCUT2D eigenvalue weighted by Crippen LogP contribution is -2.41. The number of aromatic nitrogens is 2. The van der Waals surface area contributed by atoms with Gasteiger partial charge in [-0.1, -0.05) is 47.5 Å². The first kappa shape index (κ1) is 20.0. The number of cyclic esters (lactones) is 1. The van der Waals surface area contributed by atoms with Gasteiger partial charge in [0.25, 0.3) is 0 Å². The summed E-state index contributed by atoms with van der Waals surface area (Å²) in [5, 5.41) is 10.9. The summed E-state index contributed by atoms with van der Waals surface area (Å²) in [6, 6.07) is 10.8. The molecule has 1 fully saturated rings. The molecule has 7 heteroatoms. The van der Waals surface area contributed by atoms with Crippen molar-refractivity contribution in [2.75, 3.05) is 6.61 Å².